The van der Waals surface area contributed by atoms with Gasteiger partial charge in [-0.3, -0.25) is 0 Å². The van der Waals surface area contributed by atoms with Crippen LogP contribution in [0, 0.1) is 5.92 Å². The second kappa shape index (κ2) is 10.9. The summed E-state index contributed by atoms with van der Waals surface area (Å²) in [4.78, 5) is 0.289. The van der Waals surface area contributed by atoms with Crippen LogP contribution >= 0.6 is 11.8 Å². The molecule has 1 aliphatic heterocycles. The fourth-order valence-corrected chi connectivity index (χ4v) is 6.27. The molecule has 0 radical (unpaired) electrons. The van der Waals surface area contributed by atoms with Gasteiger partial charge >= 0.3 is 0 Å². The van der Waals surface area contributed by atoms with E-state index in [2.05, 4.69) is 28.6 Å². The van der Waals surface area contributed by atoms with Gasteiger partial charge in [-0.15, -0.1) is 10.2 Å². The van der Waals surface area contributed by atoms with E-state index in [1.807, 2.05) is 19.9 Å². The molecule has 7 nitrogen and oxygen atoms in total. The average molecular weight is 467 g/mol. The molecule has 0 saturated carbocycles. The van der Waals surface area contributed by atoms with Gasteiger partial charge < -0.3 is 9.30 Å². The molecule has 3 rings (SSSR count). The van der Waals surface area contributed by atoms with Crippen LogP contribution in [0.15, 0.2) is 34.3 Å². The third-order valence-corrected chi connectivity index (χ3v) is 8.52. The van der Waals surface area contributed by atoms with E-state index in [1.54, 1.807) is 30.0 Å². The van der Waals surface area contributed by atoms with Crippen molar-refractivity contribution in [3.63, 3.8) is 0 Å². The minimum atomic E-state index is -3.53. The van der Waals surface area contributed by atoms with Gasteiger partial charge in [0.2, 0.25) is 10.0 Å². The summed E-state index contributed by atoms with van der Waals surface area (Å²) in [6.07, 6.45) is 3.70. The first-order valence-electron chi connectivity index (χ1n) is 11.1. The maximum Gasteiger partial charge on any atom is 0.243 e. The highest BCUT2D eigenvalue weighted by molar-refractivity contribution is 7.99. The standard InChI is InChI=1S/C22H34N4O3S2/c1-5-25(6-2)31(27,28)20-12-9-10-18(14-20)21-23-24-22(26(21)15-17(3)4)30-16-19-11-7-8-13-29-19/h9-10,12,14,17,19H,5-8,11,13,15-16H2,1-4H3. The Bertz CT molecular complexity index is 949. The Kier molecular flexibility index (Phi) is 8.55. The Morgan fingerprint density at radius 3 is 2.65 bits per heavy atom. The molecule has 0 N–H and O–H groups in total. The normalized spacial score (nSPS) is 17.5. The molecule has 2 aromatic rings. The van der Waals surface area contributed by atoms with Crippen LogP contribution in [0.4, 0.5) is 0 Å². The molecule has 1 atom stereocenters. The van der Waals surface area contributed by atoms with E-state index in [9.17, 15) is 8.42 Å². The fourth-order valence-electron chi connectivity index (χ4n) is 3.75. The molecular weight excluding hydrogens is 432 g/mol. The minimum absolute atomic E-state index is 0.258. The summed E-state index contributed by atoms with van der Waals surface area (Å²) >= 11 is 1.67. The number of rotatable bonds is 10. The summed E-state index contributed by atoms with van der Waals surface area (Å²) in [6, 6.07) is 7.05. The summed E-state index contributed by atoms with van der Waals surface area (Å²) in [6.45, 7) is 10.5. The lowest BCUT2D eigenvalue weighted by atomic mass is 10.1. The first kappa shape index (κ1) is 24.2. The van der Waals surface area contributed by atoms with Gasteiger partial charge in [0, 0.05) is 37.6 Å². The number of thioether (sulfide) groups is 1. The van der Waals surface area contributed by atoms with Gasteiger partial charge in [-0.2, -0.15) is 4.31 Å². The van der Waals surface area contributed by atoms with Crippen molar-refractivity contribution in [2.45, 2.75) is 69.7 Å². The van der Waals surface area contributed by atoms with E-state index in [1.165, 1.54) is 10.7 Å². The van der Waals surface area contributed by atoms with Gasteiger partial charge in [0.05, 0.1) is 11.0 Å². The van der Waals surface area contributed by atoms with Crippen molar-refractivity contribution in [3.05, 3.63) is 24.3 Å². The summed E-state index contributed by atoms with van der Waals surface area (Å²) in [5.41, 5.74) is 0.766. The third-order valence-electron chi connectivity index (χ3n) is 5.37. The van der Waals surface area contributed by atoms with Crippen molar-refractivity contribution in [2.24, 2.45) is 5.92 Å². The largest absolute Gasteiger partial charge is 0.377 e. The van der Waals surface area contributed by atoms with E-state index in [0.29, 0.717) is 24.8 Å². The second-order valence-electron chi connectivity index (χ2n) is 8.23. The number of aromatic nitrogens is 3. The minimum Gasteiger partial charge on any atom is -0.377 e. The molecule has 1 unspecified atom stereocenters. The Hall–Kier alpha value is -1.42. The van der Waals surface area contributed by atoms with Gasteiger partial charge in [-0.1, -0.05) is 51.6 Å². The summed E-state index contributed by atoms with van der Waals surface area (Å²) in [5, 5.41) is 9.76. The molecule has 31 heavy (non-hydrogen) atoms. The predicted molar refractivity (Wildman–Crippen MR) is 125 cm³/mol. The van der Waals surface area contributed by atoms with Gasteiger partial charge in [-0.05, 0) is 37.3 Å². The van der Waals surface area contributed by atoms with Crippen LogP contribution in [0.3, 0.4) is 0 Å². The van der Waals surface area contributed by atoms with Crippen molar-refractivity contribution in [3.8, 4) is 11.4 Å². The van der Waals surface area contributed by atoms with Gasteiger partial charge in [0.15, 0.2) is 11.0 Å². The number of sulfonamides is 1. The predicted octanol–water partition coefficient (Wildman–Crippen LogP) is 4.29. The Balaban J connectivity index is 1.90. The van der Waals surface area contributed by atoms with Crippen molar-refractivity contribution < 1.29 is 13.2 Å². The highest BCUT2D eigenvalue weighted by Crippen LogP contribution is 2.29. The van der Waals surface area contributed by atoms with Crippen LogP contribution in [0.2, 0.25) is 0 Å². The summed E-state index contributed by atoms with van der Waals surface area (Å²) in [7, 11) is -3.53. The lowest BCUT2D eigenvalue weighted by molar-refractivity contribution is 0.0315. The molecular formula is C22H34N4O3S2. The van der Waals surface area contributed by atoms with E-state index < -0.39 is 10.0 Å². The molecule has 1 aliphatic rings. The van der Waals surface area contributed by atoms with Crippen LogP contribution in [0.25, 0.3) is 11.4 Å². The third kappa shape index (κ3) is 5.88. The van der Waals surface area contributed by atoms with E-state index in [-0.39, 0.29) is 11.0 Å². The van der Waals surface area contributed by atoms with Crippen LogP contribution in [0.1, 0.15) is 47.0 Å². The van der Waals surface area contributed by atoms with Gasteiger partial charge in [0.1, 0.15) is 0 Å². The topological polar surface area (TPSA) is 77.3 Å². The number of ether oxygens (including phenoxy) is 1. The molecule has 172 valence electrons. The molecule has 1 saturated heterocycles. The van der Waals surface area contributed by atoms with Gasteiger partial charge in [0.25, 0.3) is 0 Å². The average Bonchev–Trinajstić information content (AvgIpc) is 3.15. The zero-order valence-corrected chi connectivity index (χ0v) is 20.6. The monoisotopic (exact) mass is 466 g/mol. The van der Waals surface area contributed by atoms with Crippen LogP contribution < -0.4 is 0 Å². The molecule has 1 aromatic heterocycles. The van der Waals surface area contributed by atoms with Crippen LogP contribution in [-0.2, 0) is 21.3 Å². The Morgan fingerprint density at radius 1 is 1.23 bits per heavy atom. The molecule has 9 heteroatoms. The maximum absolute atomic E-state index is 13.0. The molecule has 0 bridgehead atoms. The van der Waals surface area contributed by atoms with Crippen molar-refractivity contribution in [1.29, 1.82) is 0 Å². The first-order valence-corrected chi connectivity index (χ1v) is 13.6. The van der Waals surface area contributed by atoms with E-state index in [4.69, 9.17) is 4.74 Å². The second-order valence-corrected chi connectivity index (χ2v) is 11.2. The SMILES string of the molecule is CCN(CC)S(=O)(=O)c1cccc(-c2nnc(SCC3CCCCO3)n2CC(C)C)c1. The lowest BCUT2D eigenvalue weighted by Gasteiger charge is -2.22. The molecule has 0 amide bonds. The molecule has 0 aliphatic carbocycles. The number of nitrogens with zero attached hydrogens (tertiary/aromatic N) is 4. The summed E-state index contributed by atoms with van der Waals surface area (Å²) < 4.78 is 35.4. The van der Waals surface area contributed by atoms with Crippen molar-refractivity contribution >= 4 is 21.8 Å². The highest BCUT2D eigenvalue weighted by Gasteiger charge is 2.24. The first-order chi connectivity index (χ1) is 14.9. The maximum atomic E-state index is 13.0. The number of benzene rings is 1. The molecule has 1 aromatic carbocycles. The van der Waals surface area contributed by atoms with Gasteiger partial charge in [-0.25, -0.2) is 8.42 Å². The number of hydrogen-bond donors (Lipinski definition) is 0. The van der Waals surface area contributed by atoms with Crippen molar-refractivity contribution in [2.75, 3.05) is 25.4 Å². The number of hydrogen-bond acceptors (Lipinski definition) is 6. The van der Waals surface area contributed by atoms with E-state index >= 15 is 0 Å². The molecule has 2 heterocycles. The molecule has 1 fully saturated rings. The zero-order valence-electron chi connectivity index (χ0n) is 19.0. The quantitative estimate of drug-likeness (QED) is 0.486. The highest BCUT2D eigenvalue weighted by atomic mass is 32.2. The lowest BCUT2D eigenvalue weighted by Crippen LogP contribution is -2.30. The zero-order chi connectivity index (χ0) is 22.4. The van der Waals surface area contributed by atoms with Crippen LogP contribution in [0.5, 0.6) is 0 Å². The molecule has 0 spiro atoms. The van der Waals surface area contributed by atoms with Crippen LogP contribution in [-0.4, -0.2) is 59.0 Å². The van der Waals surface area contributed by atoms with Crippen molar-refractivity contribution in [1.82, 2.24) is 19.1 Å². The Labute approximate surface area is 190 Å². The Morgan fingerprint density at radius 2 is 2.00 bits per heavy atom. The summed E-state index contributed by atoms with van der Waals surface area (Å²) in [5.74, 6) is 1.96. The van der Waals surface area contributed by atoms with E-state index in [0.717, 1.165) is 42.5 Å². The fraction of sp³-hybridized carbons (Fsp3) is 0.636. The smallest absolute Gasteiger partial charge is 0.243 e.